The topological polar surface area (TPSA) is 76.4 Å². The van der Waals surface area contributed by atoms with Crippen molar-refractivity contribution in [2.45, 2.75) is 0 Å². The van der Waals surface area contributed by atoms with Gasteiger partial charge in [-0.05, 0) is 11.4 Å². The number of thiophene rings is 1. The number of rotatable bonds is 5. The minimum atomic E-state index is 0.467. The maximum Gasteiger partial charge on any atom is 0.203 e. The van der Waals surface area contributed by atoms with Gasteiger partial charge < -0.3 is 19.5 Å². The van der Waals surface area contributed by atoms with Gasteiger partial charge >= 0.3 is 0 Å². The zero-order valence-electron chi connectivity index (χ0n) is 13.4. The summed E-state index contributed by atoms with van der Waals surface area (Å²) < 4.78 is 16.1. The lowest BCUT2D eigenvalue weighted by Crippen LogP contribution is -1.99. The van der Waals surface area contributed by atoms with Crippen LogP contribution in [0.4, 0.5) is 11.4 Å². The Balaban J connectivity index is 2.12. The molecule has 1 N–H and O–H groups in total. The monoisotopic (exact) mass is 341 g/mol. The van der Waals surface area contributed by atoms with Crippen LogP contribution in [-0.2, 0) is 0 Å². The number of aromatic nitrogens is 1. The van der Waals surface area contributed by atoms with Crippen LogP contribution in [-0.4, -0.2) is 26.3 Å². The van der Waals surface area contributed by atoms with Crippen molar-refractivity contribution in [2.75, 3.05) is 26.6 Å². The van der Waals surface area contributed by atoms with Crippen LogP contribution in [0.15, 0.2) is 29.8 Å². The Morgan fingerprint density at radius 2 is 1.83 bits per heavy atom. The van der Waals surface area contributed by atoms with Crippen LogP contribution in [0.3, 0.4) is 0 Å². The third-order valence-corrected chi connectivity index (χ3v) is 4.37. The minimum Gasteiger partial charge on any atom is -0.493 e. The Labute approximate surface area is 143 Å². The fraction of sp³-hybridized carbons (Fsp3) is 0.176. The largest absolute Gasteiger partial charge is 0.493 e. The number of nitrogens with one attached hydrogen (secondary N) is 1. The molecule has 0 aliphatic heterocycles. The van der Waals surface area contributed by atoms with Crippen LogP contribution in [0, 0.1) is 11.3 Å². The highest BCUT2D eigenvalue weighted by atomic mass is 32.1. The van der Waals surface area contributed by atoms with E-state index in [4.69, 9.17) is 14.2 Å². The molecule has 0 saturated heterocycles. The molecule has 0 aliphatic carbocycles. The van der Waals surface area contributed by atoms with Gasteiger partial charge in [-0.25, -0.2) is 4.98 Å². The first-order valence-electron chi connectivity index (χ1n) is 7.05. The van der Waals surface area contributed by atoms with Crippen molar-refractivity contribution in [3.8, 4) is 23.3 Å². The molecular formula is C17H15N3O3S. The number of pyridine rings is 1. The van der Waals surface area contributed by atoms with Gasteiger partial charge in [0, 0.05) is 29.4 Å². The van der Waals surface area contributed by atoms with Crippen LogP contribution < -0.4 is 19.5 Å². The first-order chi connectivity index (χ1) is 11.7. The fourth-order valence-electron chi connectivity index (χ4n) is 2.44. The maximum absolute atomic E-state index is 9.38. The average molecular weight is 341 g/mol. The summed E-state index contributed by atoms with van der Waals surface area (Å²) in [6.45, 7) is 0. The van der Waals surface area contributed by atoms with Crippen LogP contribution >= 0.6 is 11.3 Å². The van der Waals surface area contributed by atoms with Gasteiger partial charge in [-0.3, -0.25) is 0 Å². The molecule has 6 nitrogen and oxygen atoms in total. The Morgan fingerprint density at radius 1 is 1.12 bits per heavy atom. The molecule has 3 rings (SSSR count). The first-order valence-corrected chi connectivity index (χ1v) is 7.93. The summed E-state index contributed by atoms with van der Waals surface area (Å²) in [5.74, 6) is 1.59. The molecule has 1 aromatic carbocycles. The molecule has 7 heteroatoms. The summed E-state index contributed by atoms with van der Waals surface area (Å²) >= 11 is 1.52. The smallest absolute Gasteiger partial charge is 0.203 e. The lowest BCUT2D eigenvalue weighted by Gasteiger charge is -2.16. The predicted molar refractivity (Wildman–Crippen MR) is 93.7 cm³/mol. The van der Waals surface area contributed by atoms with Crippen LogP contribution in [0.5, 0.6) is 17.2 Å². The maximum atomic E-state index is 9.38. The molecule has 2 aromatic heterocycles. The first kappa shape index (κ1) is 15.9. The number of ether oxygens (including phenoxy) is 3. The van der Waals surface area contributed by atoms with Crippen LogP contribution in [0.1, 0.15) is 5.56 Å². The second-order valence-corrected chi connectivity index (χ2v) is 5.73. The predicted octanol–water partition coefficient (Wildman–Crippen LogP) is 3.94. The van der Waals surface area contributed by atoms with Gasteiger partial charge in [0.15, 0.2) is 11.5 Å². The number of nitrogens with zero attached hydrogens (tertiary/aromatic N) is 2. The van der Waals surface area contributed by atoms with Crippen LogP contribution in [0.25, 0.3) is 10.2 Å². The number of fused-ring (bicyclic) bond motifs is 1. The summed E-state index contributed by atoms with van der Waals surface area (Å²) in [6.07, 6.45) is 1.57. The second-order valence-electron chi connectivity index (χ2n) is 4.84. The van der Waals surface area contributed by atoms with E-state index in [-0.39, 0.29) is 0 Å². The van der Waals surface area contributed by atoms with Crippen molar-refractivity contribution in [1.29, 1.82) is 5.26 Å². The van der Waals surface area contributed by atoms with E-state index in [2.05, 4.69) is 16.4 Å². The second kappa shape index (κ2) is 6.64. The summed E-state index contributed by atoms with van der Waals surface area (Å²) in [4.78, 5) is 5.16. The highest BCUT2D eigenvalue weighted by Crippen LogP contribution is 2.41. The van der Waals surface area contributed by atoms with Gasteiger partial charge in [-0.2, -0.15) is 5.26 Å². The quantitative estimate of drug-likeness (QED) is 0.757. The van der Waals surface area contributed by atoms with Gasteiger partial charge in [0.25, 0.3) is 0 Å². The highest BCUT2D eigenvalue weighted by molar-refractivity contribution is 7.16. The lowest BCUT2D eigenvalue weighted by molar-refractivity contribution is 0.324. The molecule has 0 amide bonds. The van der Waals surface area contributed by atoms with E-state index >= 15 is 0 Å². The van der Waals surface area contributed by atoms with Crippen molar-refractivity contribution >= 4 is 32.9 Å². The zero-order valence-corrected chi connectivity index (χ0v) is 14.2. The van der Waals surface area contributed by atoms with Gasteiger partial charge in [0.05, 0.1) is 32.6 Å². The standard InChI is InChI=1S/C17H15N3O3S/c1-21-13-6-11(7-14(22-2)16(13)23-3)20-15-10(8-18)9-19-17-12(15)4-5-24-17/h4-7,9H,1-3H3,(H,19,20). The number of benzene rings is 1. The number of nitriles is 1. The third-order valence-electron chi connectivity index (χ3n) is 3.55. The van der Waals surface area contributed by atoms with Crippen LogP contribution in [0.2, 0.25) is 0 Å². The summed E-state index contributed by atoms with van der Waals surface area (Å²) in [5, 5.41) is 15.5. The number of hydrogen-bond acceptors (Lipinski definition) is 7. The summed E-state index contributed by atoms with van der Waals surface area (Å²) in [5.41, 5.74) is 1.90. The molecule has 2 heterocycles. The fourth-order valence-corrected chi connectivity index (χ4v) is 3.19. The molecule has 0 fully saturated rings. The molecule has 122 valence electrons. The third kappa shape index (κ3) is 2.68. The zero-order chi connectivity index (χ0) is 17.1. The van der Waals surface area contributed by atoms with Crippen molar-refractivity contribution in [1.82, 2.24) is 4.98 Å². The Hall–Kier alpha value is -2.98. The minimum absolute atomic E-state index is 0.467. The van der Waals surface area contributed by atoms with Gasteiger partial charge in [0.1, 0.15) is 10.9 Å². The van der Waals surface area contributed by atoms with E-state index in [1.165, 1.54) is 11.3 Å². The molecule has 0 unspecified atom stereocenters. The van der Waals surface area contributed by atoms with E-state index in [0.717, 1.165) is 15.9 Å². The lowest BCUT2D eigenvalue weighted by atomic mass is 10.1. The molecule has 0 atom stereocenters. The molecule has 24 heavy (non-hydrogen) atoms. The highest BCUT2D eigenvalue weighted by Gasteiger charge is 2.15. The number of anilines is 2. The van der Waals surface area contributed by atoms with E-state index < -0.39 is 0 Å². The molecule has 0 saturated carbocycles. The van der Waals surface area contributed by atoms with E-state index in [1.54, 1.807) is 39.7 Å². The summed E-state index contributed by atoms with van der Waals surface area (Å²) in [7, 11) is 4.68. The van der Waals surface area contributed by atoms with Gasteiger partial charge in [-0.1, -0.05) is 0 Å². The van der Waals surface area contributed by atoms with Gasteiger partial charge in [-0.15, -0.1) is 11.3 Å². The average Bonchev–Trinajstić information content (AvgIpc) is 3.10. The number of methoxy groups -OCH3 is 3. The molecule has 0 bridgehead atoms. The van der Waals surface area contributed by atoms with Crippen molar-refractivity contribution in [3.05, 3.63) is 35.3 Å². The Bertz CT molecular complexity index is 905. The Morgan fingerprint density at radius 3 is 2.42 bits per heavy atom. The normalized spacial score (nSPS) is 10.2. The molecule has 0 radical (unpaired) electrons. The SMILES string of the molecule is COc1cc(Nc2c(C#N)cnc3sccc23)cc(OC)c1OC. The van der Waals surface area contributed by atoms with E-state index in [9.17, 15) is 5.26 Å². The van der Waals surface area contributed by atoms with Crippen molar-refractivity contribution in [2.24, 2.45) is 0 Å². The molecule has 0 aliphatic rings. The van der Waals surface area contributed by atoms with Crippen molar-refractivity contribution < 1.29 is 14.2 Å². The Kier molecular flexibility index (Phi) is 4.40. The molecular weight excluding hydrogens is 326 g/mol. The summed E-state index contributed by atoms with van der Waals surface area (Å²) in [6, 6.07) is 7.69. The van der Waals surface area contributed by atoms with Gasteiger partial charge in [0.2, 0.25) is 5.75 Å². The number of hydrogen-bond donors (Lipinski definition) is 1. The molecule has 0 spiro atoms. The van der Waals surface area contributed by atoms with E-state index in [1.807, 2.05) is 11.4 Å². The van der Waals surface area contributed by atoms with E-state index in [0.29, 0.717) is 28.5 Å². The van der Waals surface area contributed by atoms with Crippen molar-refractivity contribution in [3.63, 3.8) is 0 Å². The molecule has 3 aromatic rings.